The van der Waals surface area contributed by atoms with E-state index in [4.69, 9.17) is 15.2 Å². The molecule has 0 saturated carbocycles. The van der Waals surface area contributed by atoms with Crippen LogP contribution >= 0.6 is 0 Å². The van der Waals surface area contributed by atoms with Crippen LogP contribution in [0.4, 0.5) is 0 Å². The second-order valence-corrected chi connectivity index (χ2v) is 6.94. The maximum Gasteiger partial charge on any atom is 0.161 e. The normalized spacial score (nSPS) is 12.7. The molecule has 124 valence electrons. The Balaban J connectivity index is 2.12. The van der Waals surface area contributed by atoms with Crippen molar-refractivity contribution in [2.45, 2.75) is 39.8 Å². The number of nitrogens with two attached hydrogens (primary N) is 1. The van der Waals surface area contributed by atoms with Gasteiger partial charge in [-0.25, -0.2) is 0 Å². The van der Waals surface area contributed by atoms with Crippen molar-refractivity contribution in [1.29, 1.82) is 0 Å². The van der Waals surface area contributed by atoms with E-state index >= 15 is 0 Å². The number of hydrogen-bond acceptors (Lipinski definition) is 3. The van der Waals surface area contributed by atoms with Gasteiger partial charge in [-0.05, 0) is 35.1 Å². The van der Waals surface area contributed by atoms with Gasteiger partial charge in [-0.3, -0.25) is 0 Å². The van der Waals surface area contributed by atoms with Crippen molar-refractivity contribution in [3.63, 3.8) is 0 Å². The van der Waals surface area contributed by atoms with Crippen molar-refractivity contribution in [3.05, 3.63) is 59.7 Å². The number of ether oxygens (including phenoxy) is 2. The Hall–Kier alpha value is -2.00. The molecule has 0 fully saturated rings. The van der Waals surface area contributed by atoms with E-state index in [1.54, 1.807) is 7.11 Å². The van der Waals surface area contributed by atoms with Crippen LogP contribution in [0.3, 0.4) is 0 Å². The third kappa shape index (κ3) is 5.00. The van der Waals surface area contributed by atoms with Crippen molar-refractivity contribution in [1.82, 2.24) is 0 Å². The molecule has 0 aliphatic rings. The molecule has 0 unspecified atom stereocenters. The molecule has 2 N–H and O–H groups in total. The van der Waals surface area contributed by atoms with Crippen LogP contribution in [-0.2, 0) is 13.0 Å². The summed E-state index contributed by atoms with van der Waals surface area (Å²) in [6.07, 6.45) is 0.815. The van der Waals surface area contributed by atoms with Gasteiger partial charge in [-0.15, -0.1) is 0 Å². The van der Waals surface area contributed by atoms with Gasteiger partial charge >= 0.3 is 0 Å². The lowest BCUT2D eigenvalue weighted by atomic mass is 9.84. The van der Waals surface area contributed by atoms with Crippen molar-refractivity contribution < 1.29 is 9.47 Å². The Morgan fingerprint density at radius 3 is 2.26 bits per heavy atom. The van der Waals surface area contributed by atoms with Gasteiger partial charge < -0.3 is 15.2 Å². The molecular formula is C20H27NO2. The van der Waals surface area contributed by atoms with E-state index in [1.807, 2.05) is 42.5 Å². The van der Waals surface area contributed by atoms with Gasteiger partial charge in [0.2, 0.25) is 0 Å². The predicted octanol–water partition coefficient (Wildman–Crippen LogP) is 4.19. The third-order valence-electron chi connectivity index (χ3n) is 4.03. The lowest BCUT2D eigenvalue weighted by Gasteiger charge is -2.27. The zero-order chi connectivity index (χ0) is 16.9. The number of benzene rings is 2. The molecule has 0 aliphatic carbocycles. The van der Waals surface area contributed by atoms with Gasteiger partial charge in [0, 0.05) is 6.04 Å². The van der Waals surface area contributed by atoms with Crippen LogP contribution in [0.15, 0.2) is 48.5 Å². The van der Waals surface area contributed by atoms with Gasteiger partial charge in [0.05, 0.1) is 7.11 Å². The highest BCUT2D eigenvalue weighted by Gasteiger charge is 2.21. The first-order valence-corrected chi connectivity index (χ1v) is 7.99. The quantitative estimate of drug-likeness (QED) is 0.869. The van der Waals surface area contributed by atoms with Crippen LogP contribution in [0, 0.1) is 5.41 Å². The van der Waals surface area contributed by atoms with Gasteiger partial charge in [-0.2, -0.15) is 0 Å². The molecule has 0 spiro atoms. The Labute approximate surface area is 139 Å². The molecule has 2 aromatic rings. The lowest BCUT2D eigenvalue weighted by Crippen LogP contribution is -2.36. The first-order chi connectivity index (χ1) is 10.9. The minimum atomic E-state index is 0.0744. The first kappa shape index (κ1) is 17.4. The highest BCUT2D eigenvalue weighted by Crippen LogP contribution is 2.30. The highest BCUT2D eigenvalue weighted by molar-refractivity contribution is 5.43. The molecule has 1 atom stereocenters. The van der Waals surface area contributed by atoms with E-state index in [0.717, 1.165) is 29.0 Å². The van der Waals surface area contributed by atoms with Crippen LogP contribution in [0.2, 0.25) is 0 Å². The Kier molecular flexibility index (Phi) is 5.67. The van der Waals surface area contributed by atoms with E-state index in [0.29, 0.717) is 6.61 Å². The molecular weight excluding hydrogens is 286 g/mol. The SMILES string of the molecule is COc1ccc(C[C@H](N)C(C)(C)C)cc1OCc1ccccc1. The van der Waals surface area contributed by atoms with Crippen LogP contribution < -0.4 is 15.2 Å². The minimum Gasteiger partial charge on any atom is -0.493 e. The Morgan fingerprint density at radius 1 is 0.957 bits per heavy atom. The van der Waals surface area contributed by atoms with E-state index in [-0.39, 0.29) is 11.5 Å². The Bertz CT molecular complexity index is 617. The van der Waals surface area contributed by atoms with Gasteiger partial charge in [-0.1, -0.05) is 57.2 Å². The molecule has 2 aromatic carbocycles. The van der Waals surface area contributed by atoms with E-state index < -0.39 is 0 Å². The fraction of sp³-hybridized carbons (Fsp3) is 0.400. The molecule has 0 radical (unpaired) electrons. The molecule has 3 heteroatoms. The van der Waals surface area contributed by atoms with Crippen molar-refractivity contribution in [2.75, 3.05) is 7.11 Å². The van der Waals surface area contributed by atoms with Crippen LogP contribution in [0.5, 0.6) is 11.5 Å². The summed E-state index contributed by atoms with van der Waals surface area (Å²) in [5.74, 6) is 1.50. The number of methoxy groups -OCH3 is 1. The average Bonchev–Trinajstić information content (AvgIpc) is 2.53. The zero-order valence-electron chi connectivity index (χ0n) is 14.5. The van der Waals surface area contributed by atoms with E-state index in [2.05, 4.69) is 26.8 Å². The number of hydrogen-bond donors (Lipinski definition) is 1. The first-order valence-electron chi connectivity index (χ1n) is 7.99. The second kappa shape index (κ2) is 7.51. The molecule has 23 heavy (non-hydrogen) atoms. The third-order valence-corrected chi connectivity index (χ3v) is 4.03. The van der Waals surface area contributed by atoms with Gasteiger partial charge in [0.1, 0.15) is 6.61 Å². The summed E-state index contributed by atoms with van der Waals surface area (Å²) in [6.45, 7) is 7.00. The average molecular weight is 313 g/mol. The lowest BCUT2D eigenvalue weighted by molar-refractivity contribution is 0.283. The fourth-order valence-electron chi connectivity index (χ4n) is 2.26. The minimum absolute atomic E-state index is 0.0744. The fourth-order valence-corrected chi connectivity index (χ4v) is 2.26. The molecule has 2 rings (SSSR count). The van der Waals surface area contributed by atoms with E-state index in [1.165, 1.54) is 0 Å². The summed E-state index contributed by atoms with van der Waals surface area (Å²) >= 11 is 0. The molecule has 0 heterocycles. The van der Waals surface area contributed by atoms with Crippen molar-refractivity contribution >= 4 is 0 Å². The predicted molar refractivity (Wildman–Crippen MR) is 94.9 cm³/mol. The van der Waals surface area contributed by atoms with Crippen LogP contribution in [-0.4, -0.2) is 13.2 Å². The summed E-state index contributed by atoms with van der Waals surface area (Å²) in [5, 5.41) is 0. The summed E-state index contributed by atoms with van der Waals surface area (Å²) < 4.78 is 11.4. The largest absolute Gasteiger partial charge is 0.493 e. The second-order valence-electron chi connectivity index (χ2n) is 6.94. The summed E-state index contributed by atoms with van der Waals surface area (Å²) in [5.41, 5.74) is 8.66. The summed E-state index contributed by atoms with van der Waals surface area (Å²) in [6, 6.07) is 16.2. The van der Waals surface area contributed by atoms with Gasteiger partial charge in [0.25, 0.3) is 0 Å². The van der Waals surface area contributed by atoms with Crippen LogP contribution in [0.25, 0.3) is 0 Å². The standard InChI is InChI=1S/C20H27NO2/c1-20(2,3)19(21)13-16-10-11-17(22-4)18(12-16)23-14-15-8-6-5-7-9-15/h5-12,19H,13-14,21H2,1-4H3/t19-/m0/s1. The van der Waals surface area contributed by atoms with Crippen molar-refractivity contribution in [2.24, 2.45) is 11.1 Å². The molecule has 0 amide bonds. The van der Waals surface area contributed by atoms with E-state index in [9.17, 15) is 0 Å². The van der Waals surface area contributed by atoms with Crippen molar-refractivity contribution in [3.8, 4) is 11.5 Å². The zero-order valence-corrected chi connectivity index (χ0v) is 14.5. The topological polar surface area (TPSA) is 44.5 Å². The molecule has 0 aliphatic heterocycles. The summed E-state index contributed by atoms with van der Waals surface area (Å²) in [4.78, 5) is 0. The maximum absolute atomic E-state index is 6.30. The Morgan fingerprint density at radius 2 is 1.65 bits per heavy atom. The maximum atomic E-state index is 6.30. The smallest absolute Gasteiger partial charge is 0.161 e. The van der Waals surface area contributed by atoms with Gasteiger partial charge in [0.15, 0.2) is 11.5 Å². The molecule has 3 nitrogen and oxygen atoms in total. The summed E-state index contributed by atoms with van der Waals surface area (Å²) in [7, 11) is 1.66. The van der Waals surface area contributed by atoms with Crippen LogP contribution in [0.1, 0.15) is 31.9 Å². The number of rotatable bonds is 6. The highest BCUT2D eigenvalue weighted by atomic mass is 16.5. The molecule has 0 bridgehead atoms. The monoisotopic (exact) mass is 313 g/mol. The molecule has 0 aromatic heterocycles. The molecule has 0 saturated heterocycles.